The van der Waals surface area contributed by atoms with Crippen molar-refractivity contribution in [1.82, 2.24) is 9.88 Å². The van der Waals surface area contributed by atoms with E-state index in [1.54, 1.807) is 11.8 Å². The van der Waals surface area contributed by atoms with Gasteiger partial charge < -0.3 is 15.4 Å². The molecule has 1 fully saturated rings. The van der Waals surface area contributed by atoms with Gasteiger partial charge in [0.15, 0.2) is 5.96 Å². The third-order valence-electron chi connectivity index (χ3n) is 2.77. The molecule has 1 aromatic heterocycles. The number of nitrogens with two attached hydrogens (primary N) is 1. The van der Waals surface area contributed by atoms with Crippen LogP contribution in [0.4, 0.5) is 0 Å². The third kappa shape index (κ3) is 3.61. The summed E-state index contributed by atoms with van der Waals surface area (Å²) in [6.07, 6.45) is 3.82. The molecule has 5 nitrogen and oxygen atoms in total. The van der Waals surface area contributed by atoms with E-state index in [1.807, 2.05) is 24.6 Å². The number of ether oxygens (including phenoxy) is 1. The second kappa shape index (κ2) is 6.61. The lowest BCUT2D eigenvalue weighted by molar-refractivity contribution is 0.0674. The number of morpholine rings is 1. The van der Waals surface area contributed by atoms with E-state index in [9.17, 15) is 0 Å². The first-order valence-electron chi connectivity index (χ1n) is 5.91. The molecule has 1 saturated heterocycles. The molecule has 1 aromatic rings. The predicted octanol–water partition coefficient (Wildman–Crippen LogP) is 0.950. The molecule has 0 radical (unpaired) electrons. The van der Waals surface area contributed by atoms with E-state index in [0.29, 0.717) is 12.5 Å². The minimum atomic E-state index is 0.596. The summed E-state index contributed by atoms with van der Waals surface area (Å²) in [6, 6.07) is 4.01. The van der Waals surface area contributed by atoms with Gasteiger partial charge in [0.2, 0.25) is 0 Å². The smallest absolute Gasteiger partial charge is 0.191 e. The van der Waals surface area contributed by atoms with Crippen LogP contribution in [0.25, 0.3) is 0 Å². The van der Waals surface area contributed by atoms with E-state index < -0.39 is 0 Å². The highest BCUT2D eigenvalue weighted by molar-refractivity contribution is 7.98. The number of hydrogen-bond acceptors (Lipinski definition) is 4. The van der Waals surface area contributed by atoms with E-state index in [1.165, 1.54) is 0 Å². The molecule has 6 heteroatoms. The molecule has 0 amide bonds. The van der Waals surface area contributed by atoms with Crippen molar-refractivity contribution in [3.8, 4) is 0 Å². The standard InChI is InChI=1S/C12H18N4OS/c1-18-11-8-10(2-3-14-11)9-15-12(13)16-4-6-17-7-5-16/h2-3,8H,4-7,9H2,1H3,(H2,13,15). The number of nitrogens with zero attached hydrogens (tertiary/aromatic N) is 3. The van der Waals surface area contributed by atoms with Crippen molar-refractivity contribution in [2.24, 2.45) is 10.7 Å². The Morgan fingerprint density at radius 1 is 1.56 bits per heavy atom. The molecule has 0 aliphatic carbocycles. The van der Waals surface area contributed by atoms with Crippen LogP contribution >= 0.6 is 11.8 Å². The first kappa shape index (κ1) is 13.2. The zero-order chi connectivity index (χ0) is 12.8. The number of hydrogen-bond donors (Lipinski definition) is 1. The van der Waals surface area contributed by atoms with Crippen molar-refractivity contribution < 1.29 is 4.74 Å². The number of thioether (sulfide) groups is 1. The zero-order valence-electron chi connectivity index (χ0n) is 10.5. The summed E-state index contributed by atoms with van der Waals surface area (Å²) in [6.45, 7) is 3.69. The average Bonchev–Trinajstić information content (AvgIpc) is 2.46. The SMILES string of the molecule is CSc1cc(CN=C(N)N2CCOCC2)ccn1. The number of pyridine rings is 1. The van der Waals surface area contributed by atoms with Crippen molar-refractivity contribution >= 4 is 17.7 Å². The van der Waals surface area contributed by atoms with Crippen LogP contribution in [0.5, 0.6) is 0 Å². The number of aromatic nitrogens is 1. The van der Waals surface area contributed by atoms with Crippen LogP contribution in [-0.4, -0.2) is 48.4 Å². The zero-order valence-corrected chi connectivity index (χ0v) is 11.3. The normalized spacial score (nSPS) is 16.9. The van der Waals surface area contributed by atoms with Gasteiger partial charge in [0.1, 0.15) is 0 Å². The van der Waals surface area contributed by atoms with E-state index in [0.717, 1.165) is 36.9 Å². The van der Waals surface area contributed by atoms with Crippen LogP contribution < -0.4 is 5.73 Å². The van der Waals surface area contributed by atoms with Crippen molar-refractivity contribution in [2.45, 2.75) is 11.6 Å². The molecule has 2 heterocycles. The summed E-state index contributed by atoms with van der Waals surface area (Å²) in [7, 11) is 0. The second-order valence-electron chi connectivity index (χ2n) is 3.98. The van der Waals surface area contributed by atoms with Gasteiger partial charge in [-0.05, 0) is 24.0 Å². The highest BCUT2D eigenvalue weighted by Crippen LogP contribution is 2.13. The molecule has 2 N–H and O–H groups in total. The number of aliphatic imine (C=N–C) groups is 1. The van der Waals surface area contributed by atoms with Gasteiger partial charge in [-0.1, -0.05) is 0 Å². The summed E-state index contributed by atoms with van der Waals surface area (Å²) >= 11 is 1.63. The highest BCUT2D eigenvalue weighted by Gasteiger charge is 2.11. The fraction of sp³-hybridized carbons (Fsp3) is 0.500. The van der Waals surface area contributed by atoms with Gasteiger partial charge in [0.25, 0.3) is 0 Å². The minimum absolute atomic E-state index is 0.596. The Balaban J connectivity index is 1.95. The Labute approximate surface area is 111 Å². The van der Waals surface area contributed by atoms with E-state index in [-0.39, 0.29) is 0 Å². The lowest BCUT2D eigenvalue weighted by Gasteiger charge is -2.27. The van der Waals surface area contributed by atoms with E-state index in [2.05, 4.69) is 14.9 Å². The molecule has 0 bridgehead atoms. The third-order valence-corrected chi connectivity index (χ3v) is 3.41. The predicted molar refractivity (Wildman–Crippen MR) is 73.7 cm³/mol. The lowest BCUT2D eigenvalue weighted by atomic mass is 10.3. The molecule has 0 saturated carbocycles. The largest absolute Gasteiger partial charge is 0.378 e. The first-order chi connectivity index (χ1) is 8.79. The minimum Gasteiger partial charge on any atom is -0.378 e. The quantitative estimate of drug-likeness (QED) is 0.501. The van der Waals surface area contributed by atoms with Crippen LogP contribution in [-0.2, 0) is 11.3 Å². The van der Waals surface area contributed by atoms with Crippen molar-refractivity contribution in [3.63, 3.8) is 0 Å². The Kier molecular flexibility index (Phi) is 4.83. The molecular weight excluding hydrogens is 248 g/mol. The summed E-state index contributed by atoms with van der Waals surface area (Å²) in [5, 5.41) is 1.01. The molecule has 1 aliphatic rings. The van der Waals surface area contributed by atoms with Crippen LogP contribution in [0.1, 0.15) is 5.56 Å². The van der Waals surface area contributed by atoms with Gasteiger partial charge in [0.05, 0.1) is 24.8 Å². The molecule has 98 valence electrons. The maximum atomic E-state index is 5.97. The molecule has 0 unspecified atom stereocenters. The molecule has 1 aliphatic heterocycles. The van der Waals surface area contributed by atoms with E-state index in [4.69, 9.17) is 10.5 Å². The Hall–Kier alpha value is -1.27. The number of rotatable bonds is 3. The van der Waals surface area contributed by atoms with Gasteiger partial charge in [-0.25, -0.2) is 9.98 Å². The highest BCUT2D eigenvalue weighted by atomic mass is 32.2. The van der Waals surface area contributed by atoms with Crippen LogP contribution in [0.15, 0.2) is 28.3 Å². The second-order valence-corrected chi connectivity index (χ2v) is 4.81. The first-order valence-corrected chi connectivity index (χ1v) is 7.13. The Morgan fingerprint density at radius 3 is 3.06 bits per heavy atom. The van der Waals surface area contributed by atoms with Crippen LogP contribution in [0.2, 0.25) is 0 Å². The molecule has 0 spiro atoms. The molecule has 2 rings (SSSR count). The van der Waals surface area contributed by atoms with Gasteiger partial charge in [-0.15, -0.1) is 11.8 Å². The Bertz CT molecular complexity index is 418. The van der Waals surface area contributed by atoms with Crippen LogP contribution in [0.3, 0.4) is 0 Å². The molecule has 0 atom stereocenters. The molecule has 0 aromatic carbocycles. The average molecular weight is 266 g/mol. The van der Waals surface area contributed by atoms with E-state index >= 15 is 0 Å². The summed E-state index contributed by atoms with van der Waals surface area (Å²) in [4.78, 5) is 10.7. The van der Waals surface area contributed by atoms with Crippen LogP contribution in [0, 0.1) is 0 Å². The lowest BCUT2D eigenvalue weighted by Crippen LogP contribution is -2.44. The topological polar surface area (TPSA) is 63.7 Å². The summed E-state index contributed by atoms with van der Waals surface area (Å²) in [5.74, 6) is 0.598. The molecule has 18 heavy (non-hydrogen) atoms. The van der Waals surface area contributed by atoms with Crippen molar-refractivity contribution in [1.29, 1.82) is 0 Å². The van der Waals surface area contributed by atoms with Crippen molar-refractivity contribution in [3.05, 3.63) is 23.9 Å². The summed E-state index contributed by atoms with van der Waals surface area (Å²) < 4.78 is 5.28. The monoisotopic (exact) mass is 266 g/mol. The fourth-order valence-electron chi connectivity index (χ4n) is 1.73. The summed E-state index contributed by atoms with van der Waals surface area (Å²) in [5.41, 5.74) is 7.10. The maximum absolute atomic E-state index is 5.97. The van der Waals surface area contributed by atoms with Gasteiger partial charge >= 0.3 is 0 Å². The van der Waals surface area contributed by atoms with Gasteiger partial charge in [0, 0.05) is 19.3 Å². The Morgan fingerprint density at radius 2 is 2.33 bits per heavy atom. The van der Waals surface area contributed by atoms with Crippen molar-refractivity contribution in [2.75, 3.05) is 32.6 Å². The molecular formula is C12H18N4OS. The fourth-order valence-corrected chi connectivity index (χ4v) is 2.16. The van der Waals surface area contributed by atoms with Gasteiger partial charge in [-0.2, -0.15) is 0 Å². The van der Waals surface area contributed by atoms with Gasteiger partial charge in [-0.3, -0.25) is 0 Å². The maximum Gasteiger partial charge on any atom is 0.191 e. The number of guanidine groups is 1.